The summed E-state index contributed by atoms with van der Waals surface area (Å²) < 4.78 is 1.56. The number of para-hydroxylation sites is 1. The van der Waals surface area contributed by atoms with Crippen molar-refractivity contribution in [2.45, 2.75) is 0 Å². The minimum absolute atomic E-state index is 0.502. The lowest BCUT2D eigenvalue weighted by atomic mass is 10.2. The van der Waals surface area contributed by atoms with Gasteiger partial charge in [-0.05, 0) is 6.07 Å². The summed E-state index contributed by atoms with van der Waals surface area (Å²) in [6, 6.07) is 7.23. The molecule has 0 atom stereocenters. The average Bonchev–Trinajstić information content (AvgIpc) is 2.80. The lowest BCUT2D eigenvalue weighted by molar-refractivity contribution is -0.400. The van der Waals surface area contributed by atoms with Crippen molar-refractivity contribution in [3.63, 3.8) is 0 Å². The first-order valence-corrected chi connectivity index (χ1v) is 4.55. The van der Waals surface area contributed by atoms with Crippen LogP contribution in [0.2, 0.25) is 0 Å². The van der Waals surface area contributed by atoms with Crippen LogP contribution in [0.1, 0.15) is 5.56 Å². The molecule has 6 nitrogen and oxygen atoms in total. The first-order chi connectivity index (χ1) is 7.77. The SMILES string of the molecule is O=[N+]([O-])/C=C/c1ccccc1-n1ccnn1. The van der Waals surface area contributed by atoms with E-state index in [1.807, 2.05) is 12.1 Å². The van der Waals surface area contributed by atoms with E-state index < -0.39 is 4.92 Å². The fraction of sp³-hybridized carbons (Fsp3) is 0. The minimum atomic E-state index is -0.502. The molecule has 80 valence electrons. The summed E-state index contributed by atoms with van der Waals surface area (Å²) in [4.78, 5) is 9.75. The molecule has 0 amide bonds. The van der Waals surface area contributed by atoms with Gasteiger partial charge in [-0.2, -0.15) is 0 Å². The number of hydrogen-bond acceptors (Lipinski definition) is 4. The van der Waals surface area contributed by atoms with Gasteiger partial charge in [-0.25, -0.2) is 4.68 Å². The van der Waals surface area contributed by atoms with E-state index in [9.17, 15) is 10.1 Å². The minimum Gasteiger partial charge on any atom is -0.259 e. The molecule has 1 aromatic heterocycles. The standard InChI is InChI=1S/C10H8N4O2/c15-14(16)7-5-9-3-1-2-4-10(9)13-8-6-11-12-13/h1-8H/b7-5+. The predicted molar refractivity (Wildman–Crippen MR) is 57.4 cm³/mol. The Morgan fingerprint density at radius 1 is 1.38 bits per heavy atom. The molecule has 0 saturated heterocycles. The zero-order chi connectivity index (χ0) is 11.4. The molecule has 0 bridgehead atoms. The van der Waals surface area contributed by atoms with E-state index in [4.69, 9.17) is 0 Å². The van der Waals surface area contributed by atoms with Crippen molar-refractivity contribution in [3.05, 3.63) is 58.5 Å². The van der Waals surface area contributed by atoms with Crippen molar-refractivity contribution >= 4 is 6.08 Å². The maximum atomic E-state index is 10.3. The van der Waals surface area contributed by atoms with Crippen molar-refractivity contribution in [1.82, 2.24) is 15.0 Å². The Morgan fingerprint density at radius 2 is 2.19 bits per heavy atom. The van der Waals surface area contributed by atoms with Crippen LogP contribution in [0, 0.1) is 10.1 Å². The van der Waals surface area contributed by atoms with Gasteiger partial charge in [0, 0.05) is 11.6 Å². The average molecular weight is 216 g/mol. The van der Waals surface area contributed by atoms with E-state index in [1.54, 1.807) is 29.2 Å². The summed E-state index contributed by atoms with van der Waals surface area (Å²) >= 11 is 0. The third kappa shape index (κ3) is 2.11. The second-order valence-electron chi connectivity index (χ2n) is 3.01. The number of hydrogen-bond donors (Lipinski definition) is 0. The third-order valence-corrected chi connectivity index (χ3v) is 1.98. The maximum absolute atomic E-state index is 10.3. The summed E-state index contributed by atoms with van der Waals surface area (Å²) in [6.45, 7) is 0. The molecule has 0 N–H and O–H groups in total. The first kappa shape index (κ1) is 10.0. The maximum Gasteiger partial charge on any atom is 0.235 e. The molecule has 1 aromatic carbocycles. The predicted octanol–water partition coefficient (Wildman–Crippen LogP) is 1.51. The van der Waals surface area contributed by atoms with Gasteiger partial charge in [0.1, 0.15) is 0 Å². The smallest absolute Gasteiger partial charge is 0.235 e. The summed E-state index contributed by atoms with van der Waals surface area (Å²) in [5.41, 5.74) is 1.46. The van der Waals surface area contributed by atoms with E-state index >= 15 is 0 Å². The van der Waals surface area contributed by atoms with Crippen LogP contribution in [0.4, 0.5) is 0 Å². The monoisotopic (exact) mass is 216 g/mol. The first-order valence-electron chi connectivity index (χ1n) is 4.55. The van der Waals surface area contributed by atoms with Gasteiger partial charge < -0.3 is 0 Å². The van der Waals surface area contributed by atoms with E-state index in [-0.39, 0.29) is 0 Å². The van der Waals surface area contributed by atoms with Gasteiger partial charge in [0.2, 0.25) is 6.20 Å². The summed E-state index contributed by atoms with van der Waals surface area (Å²) in [5, 5.41) is 17.8. The van der Waals surface area contributed by atoms with E-state index in [0.29, 0.717) is 5.56 Å². The van der Waals surface area contributed by atoms with Crippen molar-refractivity contribution in [1.29, 1.82) is 0 Å². The molecule has 2 rings (SSSR count). The summed E-state index contributed by atoms with van der Waals surface area (Å²) in [5.74, 6) is 0. The highest BCUT2D eigenvalue weighted by Gasteiger charge is 2.02. The van der Waals surface area contributed by atoms with Gasteiger partial charge in [-0.1, -0.05) is 23.4 Å². The van der Waals surface area contributed by atoms with Gasteiger partial charge in [0.25, 0.3) is 0 Å². The zero-order valence-corrected chi connectivity index (χ0v) is 8.22. The van der Waals surface area contributed by atoms with Crippen LogP contribution in [0.25, 0.3) is 11.8 Å². The molecule has 0 aliphatic carbocycles. The van der Waals surface area contributed by atoms with Gasteiger partial charge in [-0.3, -0.25) is 10.1 Å². The van der Waals surface area contributed by atoms with E-state index in [2.05, 4.69) is 10.3 Å². The summed E-state index contributed by atoms with van der Waals surface area (Å²) in [7, 11) is 0. The quantitative estimate of drug-likeness (QED) is 0.575. The molecular formula is C10H8N4O2. The Balaban J connectivity index is 2.42. The second-order valence-corrected chi connectivity index (χ2v) is 3.01. The molecular weight excluding hydrogens is 208 g/mol. The van der Waals surface area contributed by atoms with Crippen LogP contribution in [0.3, 0.4) is 0 Å². The van der Waals surface area contributed by atoms with Crippen LogP contribution in [-0.2, 0) is 0 Å². The molecule has 6 heteroatoms. The highest BCUT2D eigenvalue weighted by Crippen LogP contribution is 2.14. The number of aromatic nitrogens is 3. The van der Waals surface area contributed by atoms with Gasteiger partial charge in [-0.15, -0.1) is 5.10 Å². The lowest BCUT2D eigenvalue weighted by Crippen LogP contribution is -1.97. The molecule has 0 aliphatic heterocycles. The van der Waals surface area contributed by atoms with E-state index in [0.717, 1.165) is 11.9 Å². The highest BCUT2D eigenvalue weighted by molar-refractivity contribution is 5.59. The Bertz CT molecular complexity index is 519. The van der Waals surface area contributed by atoms with Gasteiger partial charge in [0.05, 0.1) is 23.0 Å². The molecule has 0 unspecified atom stereocenters. The molecule has 1 heterocycles. The topological polar surface area (TPSA) is 73.8 Å². The highest BCUT2D eigenvalue weighted by atomic mass is 16.6. The fourth-order valence-corrected chi connectivity index (χ4v) is 1.31. The van der Waals surface area contributed by atoms with Crippen molar-refractivity contribution in [2.24, 2.45) is 0 Å². The Hall–Kier alpha value is -2.50. The number of nitro groups is 1. The number of benzene rings is 1. The Labute approximate surface area is 91.0 Å². The largest absolute Gasteiger partial charge is 0.259 e. The molecule has 0 saturated carbocycles. The molecule has 0 radical (unpaired) electrons. The molecule has 16 heavy (non-hydrogen) atoms. The van der Waals surface area contributed by atoms with Crippen molar-refractivity contribution in [2.75, 3.05) is 0 Å². The number of nitrogens with zero attached hydrogens (tertiary/aromatic N) is 4. The molecule has 2 aromatic rings. The van der Waals surface area contributed by atoms with Crippen LogP contribution in [0.15, 0.2) is 42.9 Å². The summed E-state index contributed by atoms with van der Waals surface area (Å²) in [6.07, 6.45) is 5.56. The van der Waals surface area contributed by atoms with Gasteiger partial charge in [0.15, 0.2) is 0 Å². The molecule has 0 spiro atoms. The Morgan fingerprint density at radius 3 is 2.88 bits per heavy atom. The van der Waals surface area contributed by atoms with Gasteiger partial charge >= 0.3 is 0 Å². The van der Waals surface area contributed by atoms with Crippen LogP contribution in [-0.4, -0.2) is 19.9 Å². The molecule has 0 aliphatic rings. The third-order valence-electron chi connectivity index (χ3n) is 1.98. The number of rotatable bonds is 3. The van der Waals surface area contributed by atoms with Crippen molar-refractivity contribution < 1.29 is 4.92 Å². The lowest BCUT2D eigenvalue weighted by Gasteiger charge is -2.03. The van der Waals surface area contributed by atoms with Crippen LogP contribution >= 0.6 is 0 Å². The van der Waals surface area contributed by atoms with E-state index in [1.165, 1.54) is 6.08 Å². The normalized spacial score (nSPS) is 10.8. The Kier molecular flexibility index (Phi) is 2.73. The zero-order valence-electron chi connectivity index (χ0n) is 8.22. The van der Waals surface area contributed by atoms with Crippen LogP contribution < -0.4 is 0 Å². The fourth-order valence-electron chi connectivity index (χ4n) is 1.31. The van der Waals surface area contributed by atoms with Crippen molar-refractivity contribution in [3.8, 4) is 5.69 Å². The molecule has 0 fully saturated rings. The second kappa shape index (κ2) is 4.35. The van der Waals surface area contributed by atoms with Crippen LogP contribution in [0.5, 0.6) is 0 Å².